The molecule has 2 aromatic heterocycles. The van der Waals surface area contributed by atoms with Crippen LogP contribution in [-0.4, -0.2) is 22.0 Å². The van der Waals surface area contributed by atoms with Crippen LogP contribution in [0.25, 0.3) is 4.96 Å². The molecule has 2 heterocycles. The van der Waals surface area contributed by atoms with Gasteiger partial charge < -0.3 is 4.74 Å². The first-order valence-corrected chi connectivity index (χ1v) is 6.39. The largest absolute Gasteiger partial charge is 0.461 e. The standard InChI is InChI=1S/C12H16N2O2S/c1-5-16-10(15)8-6-14-7-9(12(2,3)4)17-11(14)13-8/h6-7H,5H2,1-4H3. The van der Waals surface area contributed by atoms with Crippen LogP contribution in [-0.2, 0) is 10.2 Å². The Kier molecular flexibility index (Phi) is 2.95. The number of fused-ring (bicyclic) bond motifs is 1. The van der Waals surface area contributed by atoms with Gasteiger partial charge in [0.2, 0.25) is 0 Å². The molecule has 0 bridgehead atoms. The van der Waals surface area contributed by atoms with Crippen molar-refractivity contribution in [3.63, 3.8) is 0 Å². The van der Waals surface area contributed by atoms with Crippen molar-refractivity contribution in [1.29, 1.82) is 0 Å². The average Bonchev–Trinajstić information content (AvgIpc) is 2.72. The summed E-state index contributed by atoms with van der Waals surface area (Å²) in [5, 5.41) is 0. The number of carbonyl (C=O) groups is 1. The van der Waals surface area contributed by atoms with Gasteiger partial charge in [-0.15, -0.1) is 11.3 Å². The van der Waals surface area contributed by atoms with Crippen LogP contribution in [0.1, 0.15) is 43.1 Å². The quantitative estimate of drug-likeness (QED) is 0.772. The molecule has 0 saturated heterocycles. The van der Waals surface area contributed by atoms with Crippen LogP contribution in [0.15, 0.2) is 12.4 Å². The Hall–Kier alpha value is -1.36. The number of nitrogens with zero attached hydrogens (tertiary/aromatic N) is 2. The Labute approximate surface area is 104 Å². The van der Waals surface area contributed by atoms with Gasteiger partial charge in [0, 0.05) is 17.3 Å². The van der Waals surface area contributed by atoms with Gasteiger partial charge in [-0.1, -0.05) is 20.8 Å². The van der Waals surface area contributed by atoms with Crippen LogP contribution in [0.2, 0.25) is 0 Å². The minimum absolute atomic E-state index is 0.107. The molecule has 0 amide bonds. The highest BCUT2D eigenvalue weighted by molar-refractivity contribution is 7.17. The molecule has 2 aromatic rings. The van der Waals surface area contributed by atoms with E-state index in [1.807, 2.05) is 10.6 Å². The minimum atomic E-state index is -0.360. The van der Waals surface area contributed by atoms with E-state index in [4.69, 9.17) is 4.74 Å². The molecule has 4 nitrogen and oxygen atoms in total. The molecule has 0 atom stereocenters. The zero-order valence-electron chi connectivity index (χ0n) is 10.5. The molecule has 92 valence electrons. The van der Waals surface area contributed by atoms with Crippen molar-refractivity contribution in [1.82, 2.24) is 9.38 Å². The number of esters is 1. The first-order chi connectivity index (χ1) is 7.91. The fourth-order valence-electron chi connectivity index (χ4n) is 1.45. The van der Waals surface area contributed by atoms with Crippen molar-refractivity contribution in [2.24, 2.45) is 0 Å². The van der Waals surface area contributed by atoms with Crippen molar-refractivity contribution >= 4 is 22.3 Å². The van der Waals surface area contributed by atoms with Crippen molar-refractivity contribution in [2.75, 3.05) is 6.61 Å². The SMILES string of the molecule is CCOC(=O)c1cn2cc(C(C)(C)C)sc2n1. The number of carbonyl (C=O) groups excluding carboxylic acids is 1. The number of thiazole rings is 1. The van der Waals surface area contributed by atoms with E-state index in [0.29, 0.717) is 12.3 Å². The molecule has 0 aliphatic heterocycles. The molecule has 17 heavy (non-hydrogen) atoms. The van der Waals surface area contributed by atoms with E-state index in [2.05, 4.69) is 25.8 Å². The van der Waals surface area contributed by atoms with Gasteiger partial charge in [-0.2, -0.15) is 0 Å². The van der Waals surface area contributed by atoms with E-state index in [0.717, 1.165) is 4.96 Å². The molecule has 0 fully saturated rings. The van der Waals surface area contributed by atoms with E-state index in [9.17, 15) is 4.79 Å². The Morgan fingerprint density at radius 2 is 2.18 bits per heavy atom. The molecule has 0 radical (unpaired) electrons. The highest BCUT2D eigenvalue weighted by Gasteiger charge is 2.19. The van der Waals surface area contributed by atoms with E-state index in [1.54, 1.807) is 24.5 Å². The molecule has 0 N–H and O–H groups in total. The number of hydrogen-bond donors (Lipinski definition) is 0. The molecular formula is C12H16N2O2S. The van der Waals surface area contributed by atoms with Crippen LogP contribution in [0, 0.1) is 0 Å². The van der Waals surface area contributed by atoms with Crippen molar-refractivity contribution in [3.05, 3.63) is 23.0 Å². The highest BCUT2D eigenvalue weighted by atomic mass is 32.1. The summed E-state index contributed by atoms with van der Waals surface area (Å²) in [6.07, 6.45) is 3.74. The summed E-state index contributed by atoms with van der Waals surface area (Å²) in [6.45, 7) is 8.63. The molecule has 0 aliphatic carbocycles. The van der Waals surface area contributed by atoms with Crippen LogP contribution in [0.5, 0.6) is 0 Å². The summed E-state index contributed by atoms with van der Waals surface area (Å²) in [7, 11) is 0. The summed E-state index contributed by atoms with van der Waals surface area (Å²) >= 11 is 1.60. The van der Waals surface area contributed by atoms with Gasteiger partial charge in [0.1, 0.15) is 0 Å². The molecule has 0 unspecified atom stereocenters. The second kappa shape index (κ2) is 4.14. The van der Waals surface area contributed by atoms with Gasteiger partial charge in [0.15, 0.2) is 10.7 Å². The number of rotatable bonds is 2. The Bertz CT molecular complexity index is 517. The Balaban J connectivity index is 2.35. The van der Waals surface area contributed by atoms with Crippen molar-refractivity contribution in [3.8, 4) is 0 Å². The molecule has 0 saturated carbocycles. The van der Waals surface area contributed by atoms with E-state index >= 15 is 0 Å². The molecule has 2 rings (SSSR count). The third kappa shape index (κ3) is 2.34. The lowest BCUT2D eigenvalue weighted by molar-refractivity contribution is 0.0520. The molecule has 5 heteroatoms. The Morgan fingerprint density at radius 1 is 1.47 bits per heavy atom. The van der Waals surface area contributed by atoms with Gasteiger partial charge >= 0.3 is 5.97 Å². The fourth-order valence-corrected chi connectivity index (χ4v) is 2.47. The number of aromatic nitrogens is 2. The summed E-state index contributed by atoms with van der Waals surface area (Å²) in [5.74, 6) is -0.360. The van der Waals surface area contributed by atoms with Crippen LogP contribution in [0.4, 0.5) is 0 Å². The van der Waals surface area contributed by atoms with E-state index in [-0.39, 0.29) is 11.4 Å². The lowest BCUT2D eigenvalue weighted by Crippen LogP contribution is -2.08. The van der Waals surface area contributed by atoms with Gasteiger partial charge in [-0.3, -0.25) is 4.40 Å². The predicted molar refractivity (Wildman–Crippen MR) is 67.7 cm³/mol. The maximum atomic E-state index is 11.5. The van der Waals surface area contributed by atoms with E-state index in [1.165, 1.54) is 4.88 Å². The van der Waals surface area contributed by atoms with Crippen LogP contribution < -0.4 is 0 Å². The topological polar surface area (TPSA) is 43.6 Å². The number of hydrogen-bond acceptors (Lipinski definition) is 4. The summed E-state index contributed by atoms with van der Waals surface area (Å²) < 4.78 is 6.80. The van der Waals surface area contributed by atoms with Gasteiger partial charge in [0.25, 0.3) is 0 Å². The molecular weight excluding hydrogens is 236 g/mol. The highest BCUT2D eigenvalue weighted by Crippen LogP contribution is 2.29. The monoisotopic (exact) mass is 252 g/mol. The summed E-state index contributed by atoms with van der Waals surface area (Å²) in [6, 6.07) is 0. The number of ether oxygens (including phenoxy) is 1. The second-order valence-corrected chi connectivity index (χ2v) is 5.89. The fraction of sp³-hybridized carbons (Fsp3) is 0.500. The average molecular weight is 252 g/mol. The molecule has 0 aliphatic rings. The van der Waals surface area contributed by atoms with Crippen molar-refractivity contribution in [2.45, 2.75) is 33.1 Å². The predicted octanol–water partition coefficient (Wildman–Crippen LogP) is 2.87. The van der Waals surface area contributed by atoms with E-state index < -0.39 is 0 Å². The third-order valence-corrected chi connectivity index (χ3v) is 3.80. The Morgan fingerprint density at radius 3 is 2.71 bits per heavy atom. The lowest BCUT2D eigenvalue weighted by Gasteiger charge is -2.14. The van der Waals surface area contributed by atoms with Gasteiger partial charge in [0.05, 0.1) is 6.61 Å². The second-order valence-electron chi connectivity index (χ2n) is 4.88. The molecule has 0 spiro atoms. The maximum absolute atomic E-state index is 11.5. The maximum Gasteiger partial charge on any atom is 0.358 e. The van der Waals surface area contributed by atoms with Crippen LogP contribution in [0.3, 0.4) is 0 Å². The normalized spacial score (nSPS) is 12.0. The number of imidazole rings is 1. The van der Waals surface area contributed by atoms with Gasteiger partial charge in [-0.25, -0.2) is 9.78 Å². The zero-order chi connectivity index (χ0) is 12.6. The smallest absolute Gasteiger partial charge is 0.358 e. The lowest BCUT2D eigenvalue weighted by atomic mass is 9.96. The first-order valence-electron chi connectivity index (χ1n) is 5.58. The third-order valence-electron chi connectivity index (χ3n) is 2.38. The minimum Gasteiger partial charge on any atom is -0.461 e. The van der Waals surface area contributed by atoms with Gasteiger partial charge in [-0.05, 0) is 12.3 Å². The first kappa shape index (κ1) is 12.1. The zero-order valence-corrected chi connectivity index (χ0v) is 11.3. The summed E-state index contributed by atoms with van der Waals surface area (Å²) in [5.41, 5.74) is 0.480. The van der Waals surface area contributed by atoms with Crippen LogP contribution >= 0.6 is 11.3 Å². The summed E-state index contributed by atoms with van der Waals surface area (Å²) in [4.78, 5) is 17.9. The van der Waals surface area contributed by atoms with Crippen molar-refractivity contribution < 1.29 is 9.53 Å². The molecule has 0 aromatic carbocycles.